The van der Waals surface area contributed by atoms with E-state index in [-0.39, 0.29) is 5.56 Å². The number of carbonyl (C=O) groups is 1. The summed E-state index contributed by atoms with van der Waals surface area (Å²) in [5.41, 5.74) is 5.09. The van der Waals surface area contributed by atoms with Crippen LogP contribution in [-0.2, 0) is 6.42 Å². The first-order valence-electron chi connectivity index (χ1n) is 10.1. The molecule has 2 heterocycles. The number of hydrogen-bond donors (Lipinski definition) is 2. The van der Waals surface area contributed by atoms with E-state index < -0.39 is 5.97 Å². The highest BCUT2D eigenvalue weighted by molar-refractivity contribution is 5.95. The number of nitrogens with zero attached hydrogens (tertiary/aromatic N) is 4. The van der Waals surface area contributed by atoms with Crippen molar-refractivity contribution in [1.82, 2.24) is 19.7 Å². The number of rotatable bonds is 6. The fourth-order valence-electron chi connectivity index (χ4n) is 3.37. The van der Waals surface area contributed by atoms with E-state index in [4.69, 9.17) is 5.10 Å². The standard InChI is InChI=1S/C24H23N5O2/c1-4-17-8-7-9-18(12-17)21-13-22(27-20-11-6-5-10-19(20)24(30)31)29(28-21)23-16(3)25-14-15(2)26-23/h5-14,27H,4H2,1-3H3,(H,30,31). The second kappa shape index (κ2) is 8.39. The van der Waals surface area contributed by atoms with Gasteiger partial charge in [-0.15, -0.1) is 0 Å². The number of benzene rings is 2. The lowest BCUT2D eigenvalue weighted by atomic mass is 10.1. The Morgan fingerprint density at radius 1 is 1.10 bits per heavy atom. The lowest BCUT2D eigenvalue weighted by Crippen LogP contribution is -2.10. The summed E-state index contributed by atoms with van der Waals surface area (Å²) in [5.74, 6) is 0.193. The van der Waals surface area contributed by atoms with Crippen LogP contribution < -0.4 is 5.32 Å². The third kappa shape index (κ3) is 4.16. The molecule has 0 bridgehead atoms. The summed E-state index contributed by atoms with van der Waals surface area (Å²) in [7, 11) is 0. The van der Waals surface area contributed by atoms with Crippen molar-refractivity contribution in [2.75, 3.05) is 5.32 Å². The molecule has 4 rings (SSSR count). The zero-order valence-electron chi connectivity index (χ0n) is 17.6. The molecule has 0 saturated carbocycles. The SMILES string of the molecule is CCc1cccc(-c2cc(Nc3ccccc3C(=O)O)n(-c3nc(C)cnc3C)n2)c1. The molecule has 2 aromatic carbocycles. The molecular weight excluding hydrogens is 390 g/mol. The van der Waals surface area contributed by atoms with E-state index in [9.17, 15) is 9.90 Å². The highest BCUT2D eigenvalue weighted by atomic mass is 16.4. The van der Waals surface area contributed by atoms with Crippen molar-refractivity contribution in [3.63, 3.8) is 0 Å². The zero-order valence-corrected chi connectivity index (χ0v) is 17.6. The van der Waals surface area contributed by atoms with E-state index in [2.05, 4.69) is 34.3 Å². The minimum atomic E-state index is -1.00. The molecule has 4 aromatic rings. The van der Waals surface area contributed by atoms with Gasteiger partial charge in [0.05, 0.1) is 28.3 Å². The van der Waals surface area contributed by atoms with Crippen molar-refractivity contribution in [1.29, 1.82) is 0 Å². The van der Waals surface area contributed by atoms with Gasteiger partial charge in [-0.2, -0.15) is 9.78 Å². The van der Waals surface area contributed by atoms with Crippen LogP contribution in [0.2, 0.25) is 0 Å². The fraction of sp³-hybridized carbons (Fsp3) is 0.167. The summed E-state index contributed by atoms with van der Waals surface area (Å²) >= 11 is 0. The summed E-state index contributed by atoms with van der Waals surface area (Å²) in [6.45, 7) is 5.85. The van der Waals surface area contributed by atoms with Crippen LogP contribution in [0.3, 0.4) is 0 Å². The third-order valence-electron chi connectivity index (χ3n) is 5.01. The van der Waals surface area contributed by atoms with Crippen LogP contribution in [0.4, 0.5) is 11.5 Å². The number of aromatic carboxylic acids is 1. The van der Waals surface area contributed by atoms with Crippen LogP contribution in [0.5, 0.6) is 0 Å². The third-order valence-corrected chi connectivity index (χ3v) is 5.01. The molecule has 0 aliphatic heterocycles. The van der Waals surface area contributed by atoms with Crippen LogP contribution in [0.25, 0.3) is 17.1 Å². The van der Waals surface area contributed by atoms with Crippen LogP contribution in [0, 0.1) is 13.8 Å². The molecule has 0 spiro atoms. The van der Waals surface area contributed by atoms with Gasteiger partial charge in [0.2, 0.25) is 0 Å². The maximum absolute atomic E-state index is 11.7. The molecule has 0 radical (unpaired) electrons. The zero-order chi connectivity index (χ0) is 22.0. The number of aromatic nitrogens is 4. The second-order valence-electron chi connectivity index (χ2n) is 7.28. The number of hydrogen-bond acceptors (Lipinski definition) is 5. The van der Waals surface area contributed by atoms with Gasteiger partial charge in [0.25, 0.3) is 0 Å². The first-order chi connectivity index (χ1) is 15.0. The molecule has 0 fully saturated rings. The van der Waals surface area contributed by atoms with Crippen LogP contribution in [0.1, 0.15) is 34.2 Å². The summed E-state index contributed by atoms with van der Waals surface area (Å²) in [5, 5.41) is 17.6. The summed E-state index contributed by atoms with van der Waals surface area (Å²) in [6.07, 6.45) is 2.63. The van der Waals surface area contributed by atoms with Crippen molar-refractivity contribution in [3.8, 4) is 17.1 Å². The van der Waals surface area contributed by atoms with Crippen LogP contribution in [-0.4, -0.2) is 30.8 Å². The predicted molar refractivity (Wildman–Crippen MR) is 120 cm³/mol. The molecule has 0 saturated heterocycles. The van der Waals surface area contributed by atoms with E-state index in [0.717, 1.165) is 29.1 Å². The molecule has 7 nitrogen and oxygen atoms in total. The first-order valence-corrected chi connectivity index (χ1v) is 10.1. The molecule has 7 heteroatoms. The van der Waals surface area contributed by atoms with E-state index in [1.165, 1.54) is 5.56 Å². The molecule has 0 aliphatic carbocycles. The van der Waals surface area contributed by atoms with Gasteiger partial charge in [-0.05, 0) is 44.0 Å². The molecule has 0 unspecified atom stereocenters. The molecule has 0 aliphatic rings. The van der Waals surface area contributed by atoms with Crippen LogP contribution >= 0.6 is 0 Å². The summed E-state index contributed by atoms with van der Waals surface area (Å²) in [6, 6.07) is 16.9. The Labute approximate surface area is 180 Å². The largest absolute Gasteiger partial charge is 0.478 e. The fourth-order valence-corrected chi connectivity index (χ4v) is 3.37. The molecule has 156 valence electrons. The van der Waals surface area contributed by atoms with E-state index in [0.29, 0.717) is 17.3 Å². The highest BCUT2D eigenvalue weighted by Gasteiger charge is 2.17. The van der Waals surface area contributed by atoms with E-state index in [1.54, 1.807) is 35.1 Å². The Morgan fingerprint density at radius 3 is 2.68 bits per heavy atom. The van der Waals surface area contributed by atoms with Gasteiger partial charge in [-0.1, -0.05) is 37.3 Å². The Balaban J connectivity index is 1.87. The van der Waals surface area contributed by atoms with Gasteiger partial charge >= 0.3 is 5.97 Å². The van der Waals surface area contributed by atoms with Gasteiger partial charge in [0.1, 0.15) is 5.82 Å². The number of carboxylic acid groups (broad SMARTS) is 1. The summed E-state index contributed by atoms with van der Waals surface area (Å²) in [4.78, 5) is 20.7. The van der Waals surface area contributed by atoms with Gasteiger partial charge in [0, 0.05) is 17.8 Å². The van der Waals surface area contributed by atoms with E-state index >= 15 is 0 Å². The molecule has 0 atom stereocenters. The number of aryl methyl sites for hydroxylation is 3. The predicted octanol–water partition coefficient (Wildman–Crippen LogP) is 4.95. The van der Waals surface area contributed by atoms with Crippen molar-refractivity contribution in [3.05, 3.63) is 83.3 Å². The molecule has 0 amide bonds. The van der Waals surface area contributed by atoms with Crippen molar-refractivity contribution >= 4 is 17.5 Å². The normalized spacial score (nSPS) is 10.8. The molecule has 2 N–H and O–H groups in total. The lowest BCUT2D eigenvalue weighted by Gasteiger charge is -2.12. The topological polar surface area (TPSA) is 92.9 Å². The van der Waals surface area contributed by atoms with Gasteiger partial charge < -0.3 is 10.4 Å². The number of anilines is 2. The second-order valence-corrected chi connectivity index (χ2v) is 7.28. The molecule has 2 aromatic heterocycles. The molecular formula is C24H23N5O2. The van der Waals surface area contributed by atoms with Crippen LogP contribution in [0.15, 0.2) is 60.8 Å². The Hall–Kier alpha value is -4.00. The Morgan fingerprint density at radius 2 is 1.90 bits per heavy atom. The number of para-hydroxylation sites is 1. The lowest BCUT2D eigenvalue weighted by molar-refractivity contribution is 0.0698. The van der Waals surface area contributed by atoms with Crippen molar-refractivity contribution in [2.24, 2.45) is 0 Å². The first kappa shape index (κ1) is 20.3. The van der Waals surface area contributed by atoms with Gasteiger partial charge in [-0.3, -0.25) is 4.98 Å². The minimum absolute atomic E-state index is 0.178. The monoisotopic (exact) mass is 413 g/mol. The average Bonchev–Trinajstić information content (AvgIpc) is 3.19. The van der Waals surface area contributed by atoms with E-state index in [1.807, 2.05) is 32.0 Å². The smallest absolute Gasteiger partial charge is 0.337 e. The minimum Gasteiger partial charge on any atom is -0.478 e. The molecule has 31 heavy (non-hydrogen) atoms. The van der Waals surface area contributed by atoms with Crippen molar-refractivity contribution < 1.29 is 9.90 Å². The van der Waals surface area contributed by atoms with Crippen molar-refractivity contribution in [2.45, 2.75) is 27.2 Å². The quantitative estimate of drug-likeness (QED) is 0.465. The average molecular weight is 413 g/mol. The highest BCUT2D eigenvalue weighted by Crippen LogP contribution is 2.29. The Kier molecular flexibility index (Phi) is 5.49. The number of carboxylic acids is 1. The number of nitrogens with one attached hydrogen (secondary N) is 1. The summed E-state index contributed by atoms with van der Waals surface area (Å²) < 4.78 is 1.68. The Bertz CT molecular complexity index is 1260. The maximum atomic E-state index is 11.7. The van der Waals surface area contributed by atoms with Gasteiger partial charge in [-0.25, -0.2) is 9.78 Å². The van der Waals surface area contributed by atoms with Gasteiger partial charge in [0.15, 0.2) is 5.82 Å². The maximum Gasteiger partial charge on any atom is 0.337 e.